The highest BCUT2D eigenvalue weighted by Crippen LogP contribution is 2.39. The van der Waals surface area contributed by atoms with E-state index in [0.717, 1.165) is 17.1 Å². The van der Waals surface area contributed by atoms with E-state index in [4.69, 9.17) is 0 Å². The smallest absolute Gasteiger partial charge is 0.0509 e. The van der Waals surface area contributed by atoms with Crippen LogP contribution in [0, 0.1) is 0 Å². The Morgan fingerprint density at radius 2 is 1.16 bits per heavy atom. The summed E-state index contributed by atoms with van der Waals surface area (Å²) < 4.78 is 2.31. The number of rotatable bonds is 3. The lowest BCUT2D eigenvalue weighted by Crippen LogP contribution is -2.09. The summed E-state index contributed by atoms with van der Waals surface area (Å²) in [5.41, 5.74) is 5.95. The van der Waals surface area contributed by atoms with Gasteiger partial charge in [-0.2, -0.15) is 0 Å². The van der Waals surface area contributed by atoms with Crippen LogP contribution < -0.4 is 4.90 Å². The molecule has 0 aliphatic heterocycles. The van der Waals surface area contributed by atoms with Crippen LogP contribution in [0.3, 0.4) is 0 Å². The Kier molecular flexibility index (Phi) is 4.03. The van der Waals surface area contributed by atoms with Crippen molar-refractivity contribution in [1.82, 2.24) is 4.57 Å². The molecule has 6 rings (SSSR count). The van der Waals surface area contributed by atoms with Gasteiger partial charge >= 0.3 is 0 Å². The van der Waals surface area contributed by atoms with Crippen molar-refractivity contribution in [3.05, 3.63) is 115 Å². The van der Waals surface area contributed by atoms with Crippen molar-refractivity contribution in [3.8, 4) is 0 Å². The predicted molar refractivity (Wildman–Crippen MR) is 133 cm³/mol. The van der Waals surface area contributed by atoms with Crippen molar-refractivity contribution in [2.45, 2.75) is 0 Å². The van der Waals surface area contributed by atoms with Crippen molar-refractivity contribution >= 4 is 49.6 Å². The molecular formula is C29H22N2. The van der Waals surface area contributed by atoms with E-state index in [-0.39, 0.29) is 0 Å². The number of aromatic nitrogens is 1. The molecule has 1 heterocycles. The number of fused-ring (bicyclic) bond motifs is 5. The summed E-state index contributed by atoms with van der Waals surface area (Å²) in [7, 11) is 2.17. The SMILES string of the molecule is Cn1c2cc(N(c3ccccc3)c3ccccc3)ccc2c2c3ccccc3ccc21. The van der Waals surface area contributed by atoms with Gasteiger partial charge in [0.1, 0.15) is 0 Å². The van der Waals surface area contributed by atoms with Crippen LogP contribution in [0.4, 0.5) is 17.1 Å². The predicted octanol–water partition coefficient (Wildman–Crippen LogP) is 7.95. The summed E-state index contributed by atoms with van der Waals surface area (Å²) in [6.07, 6.45) is 0. The molecule has 1 aromatic heterocycles. The molecule has 0 aliphatic carbocycles. The number of benzene rings is 5. The quantitative estimate of drug-likeness (QED) is 0.293. The zero-order valence-corrected chi connectivity index (χ0v) is 17.4. The standard InChI is InChI=1S/C29H22N2/c1-30-27-19-16-21-10-8-9-15-25(21)29(27)26-18-17-24(20-28(26)30)31(22-11-4-2-5-12-22)23-13-6-3-7-14-23/h2-20H,1H3. The van der Waals surface area contributed by atoms with Crippen molar-refractivity contribution in [1.29, 1.82) is 0 Å². The molecule has 5 aromatic carbocycles. The fraction of sp³-hybridized carbons (Fsp3) is 0.0345. The van der Waals surface area contributed by atoms with Crippen LogP contribution in [0.15, 0.2) is 115 Å². The minimum atomic E-state index is 1.15. The summed E-state index contributed by atoms with van der Waals surface area (Å²) in [4.78, 5) is 2.31. The first-order chi connectivity index (χ1) is 15.3. The highest BCUT2D eigenvalue weighted by molar-refractivity contribution is 6.21. The van der Waals surface area contributed by atoms with Crippen molar-refractivity contribution < 1.29 is 0 Å². The van der Waals surface area contributed by atoms with Gasteiger partial charge in [-0.15, -0.1) is 0 Å². The summed E-state index contributed by atoms with van der Waals surface area (Å²) in [5.74, 6) is 0. The summed E-state index contributed by atoms with van der Waals surface area (Å²) >= 11 is 0. The average molecular weight is 399 g/mol. The number of anilines is 3. The minimum absolute atomic E-state index is 1.15. The lowest BCUT2D eigenvalue weighted by Gasteiger charge is -2.25. The molecule has 2 nitrogen and oxygen atoms in total. The van der Waals surface area contributed by atoms with Gasteiger partial charge in [-0.1, -0.05) is 72.8 Å². The van der Waals surface area contributed by atoms with Crippen molar-refractivity contribution in [2.24, 2.45) is 7.05 Å². The van der Waals surface area contributed by atoms with Gasteiger partial charge in [0.2, 0.25) is 0 Å². The first-order valence-electron chi connectivity index (χ1n) is 10.6. The normalized spacial score (nSPS) is 11.4. The van der Waals surface area contributed by atoms with Crippen molar-refractivity contribution in [2.75, 3.05) is 4.90 Å². The van der Waals surface area contributed by atoms with E-state index in [9.17, 15) is 0 Å². The average Bonchev–Trinajstić information content (AvgIpc) is 3.13. The Labute approximate surface area is 181 Å². The van der Waals surface area contributed by atoms with E-state index >= 15 is 0 Å². The van der Waals surface area contributed by atoms with Gasteiger partial charge in [-0.25, -0.2) is 0 Å². The first-order valence-corrected chi connectivity index (χ1v) is 10.6. The third kappa shape index (κ3) is 2.80. The Morgan fingerprint density at radius 3 is 1.87 bits per heavy atom. The molecule has 0 unspecified atom stereocenters. The maximum atomic E-state index is 2.31. The van der Waals surface area contributed by atoms with E-state index in [1.165, 1.54) is 32.6 Å². The van der Waals surface area contributed by atoms with Crippen LogP contribution in [-0.4, -0.2) is 4.57 Å². The molecule has 0 saturated heterocycles. The second-order valence-corrected chi connectivity index (χ2v) is 7.95. The second kappa shape index (κ2) is 7.03. The number of nitrogens with zero attached hydrogens (tertiary/aromatic N) is 2. The number of hydrogen-bond acceptors (Lipinski definition) is 1. The number of aryl methyl sites for hydroxylation is 1. The van der Waals surface area contributed by atoms with Gasteiger partial charge in [-0.3, -0.25) is 0 Å². The van der Waals surface area contributed by atoms with Crippen LogP contribution in [0.5, 0.6) is 0 Å². The number of para-hydroxylation sites is 2. The molecule has 0 aliphatic rings. The van der Waals surface area contributed by atoms with E-state index in [0.29, 0.717) is 0 Å². The Balaban J connectivity index is 1.63. The molecule has 2 heteroatoms. The van der Waals surface area contributed by atoms with Gasteiger partial charge in [-0.05, 0) is 53.2 Å². The molecule has 0 N–H and O–H groups in total. The topological polar surface area (TPSA) is 8.17 Å². The highest BCUT2D eigenvalue weighted by atomic mass is 15.1. The molecule has 0 saturated carbocycles. The molecule has 0 fully saturated rings. The van der Waals surface area contributed by atoms with Gasteiger partial charge in [0.05, 0.1) is 5.52 Å². The molecule has 0 amide bonds. The maximum Gasteiger partial charge on any atom is 0.0509 e. The summed E-state index contributed by atoms with van der Waals surface area (Å²) in [5, 5.41) is 5.20. The third-order valence-electron chi connectivity index (χ3n) is 6.17. The van der Waals surface area contributed by atoms with E-state index in [1.54, 1.807) is 0 Å². The van der Waals surface area contributed by atoms with E-state index in [2.05, 4.69) is 132 Å². The lowest BCUT2D eigenvalue weighted by molar-refractivity contribution is 1.01. The summed E-state index contributed by atoms with van der Waals surface area (Å²) in [6.45, 7) is 0. The number of hydrogen-bond donors (Lipinski definition) is 0. The molecule has 6 aromatic rings. The molecule has 0 radical (unpaired) electrons. The molecule has 148 valence electrons. The van der Waals surface area contributed by atoms with Crippen LogP contribution >= 0.6 is 0 Å². The molecule has 0 spiro atoms. The summed E-state index contributed by atoms with van der Waals surface area (Å²) in [6, 6.07) is 41.1. The lowest BCUT2D eigenvalue weighted by atomic mass is 10.0. The monoisotopic (exact) mass is 398 g/mol. The van der Waals surface area contributed by atoms with Crippen LogP contribution in [0.25, 0.3) is 32.6 Å². The maximum absolute atomic E-state index is 2.31. The van der Waals surface area contributed by atoms with Crippen LogP contribution in [0.1, 0.15) is 0 Å². The Morgan fingerprint density at radius 1 is 0.516 bits per heavy atom. The van der Waals surface area contributed by atoms with Gasteiger partial charge < -0.3 is 9.47 Å². The molecular weight excluding hydrogens is 376 g/mol. The van der Waals surface area contributed by atoms with E-state index in [1.807, 2.05) is 0 Å². The zero-order chi connectivity index (χ0) is 20.8. The minimum Gasteiger partial charge on any atom is -0.344 e. The first kappa shape index (κ1) is 17.8. The van der Waals surface area contributed by atoms with E-state index < -0.39 is 0 Å². The Hall–Kier alpha value is -4.04. The highest BCUT2D eigenvalue weighted by Gasteiger charge is 2.16. The Bertz CT molecular complexity index is 1490. The van der Waals surface area contributed by atoms with Gasteiger partial charge in [0.25, 0.3) is 0 Å². The molecule has 0 atom stereocenters. The fourth-order valence-corrected chi connectivity index (χ4v) is 4.70. The van der Waals surface area contributed by atoms with Crippen molar-refractivity contribution in [3.63, 3.8) is 0 Å². The molecule has 0 bridgehead atoms. The second-order valence-electron chi connectivity index (χ2n) is 7.95. The van der Waals surface area contributed by atoms with Gasteiger partial charge in [0, 0.05) is 40.4 Å². The zero-order valence-electron chi connectivity index (χ0n) is 17.4. The van der Waals surface area contributed by atoms with Gasteiger partial charge in [0.15, 0.2) is 0 Å². The largest absolute Gasteiger partial charge is 0.344 e. The van der Waals surface area contributed by atoms with Crippen LogP contribution in [-0.2, 0) is 7.05 Å². The van der Waals surface area contributed by atoms with Crippen LogP contribution in [0.2, 0.25) is 0 Å². The fourth-order valence-electron chi connectivity index (χ4n) is 4.70. The third-order valence-corrected chi connectivity index (χ3v) is 6.17. The molecule has 31 heavy (non-hydrogen) atoms.